The van der Waals surface area contributed by atoms with E-state index < -0.39 is 17.3 Å². The summed E-state index contributed by atoms with van der Waals surface area (Å²) in [5, 5.41) is 24.6. The molecule has 218 valence electrons. The SMILES string of the molecule is Cc1cn2cc(NC(=O)C3=CC=C(N4CCN(C(=O)OC(C)(C)C)CC4)/C(=C/NC4CC(O)C4)C3=N)cc(F)c2n1. The summed E-state index contributed by atoms with van der Waals surface area (Å²) in [6.07, 6.45) is 8.87. The topological polar surface area (TPSA) is 135 Å². The quantitative estimate of drug-likeness (QED) is 0.438. The summed E-state index contributed by atoms with van der Waals surface area (Å²) < 4.78 is 21.6. The third kappa shape index (κ3) is 6.27. The van der Waals surface area contributed by atoms with E-state index in [1.54, 1.807) is 42.6 Å². The van der Waals surface area contributed by atoms with Crippen LogP contribution in [0.15, 0.2) is 53.7 Å². The van der Waals surface area contributed by atoms with E-state index in [4.69, 9.17) is 10.1 Å². The molecule has 0 aromatic carbocycles. The molecule has 0 radical (unpaired) electrons. The number of ether oxygens (including phenoxy) is 1. The number of piperazine rings is 1. The Morgan fingerprint density at radius 2 is 1.88 bits per heavy atom. The minimum absolute atomic E-state index is 0.0157. The van der Waals surface area contributed by atoms with E-state index in [-0.39, 0.29) is 40.9 Å². The number of carbonyl (C=O) groups is 2. The predicted octanol–water partition coefficient (Wildman–Crippen LogP) is 3.11. The number of nitrogens with zero attached hydrogens (tertiary/aromatic N) is 4. The van der Waals surface area contributed by atoms with E-state index in [9.17, 15) is 19.1 Å². The Labute approximate surface area is 237 Å². The molecule has 12 heteroatoms. The highest BCUT2D eigenvalue weighted by Gasteiger charge is 2.32. The van der Waals surface area contributed by atoms with Gasteiger partial charge in [0.1, 0.15) is 5.60 Å². The molecule has 1 saturated heterocycles. The molecule has 2 aromatic rings. The maximum atomic E-state index is 14.6. The van der Waals surface area contributed by atoms with E-state index in [0.29, 0.717) is 50.3 Å². The van der Waals surface area contributed by atoms with Crippen LogP contribution in [0, 0.1) is 18.2 Å². The number of aliphatic hydroxyl groups is 1. The van der Waals surface area contributed by atoms with Gasteiger partial charge < -0.3 is 34.7 Å². The summed E-state index contributed by atoms with van der Waals surface area (Å²) in [7, 11) is 0. The van der Waals surface area contributed by atoms with E-state index in [1.165, 1.54) is 10.5 Å². The first-order valence-electron chi connectivity index (χ1n) is 13.7. The number of hydrogen-bond donors (Lipinski definition) is 4. The number of amides is 2. The van der Waals surface area contributed by atoms with E-state index in [2.05, 4.69) is 20.5 Å². The number of halogens is 1. The highest BCUT2D eigenvalue weighted by Crippen LogP contribution is 2.28. The fourth-order valence-electron chi connectivity index (χ4n) is 5.05. The van der Waals surface area contributed by atoms with Gasteiger partial charge in [-0.15, -0.1) is 0 Å². The molecule has 2 aliphatic carbocycles. The Kier molecular flexibility index (Phi) is 7.60. The molecular formula is C29H36FN7O4. The lowest BCUT2D eigenvalue weighted by Crippen LogP contribution is -2.50. The second-order valence-electron chi connectivity index (χ2n) is 11.7. The highest BCUT2D eigenvalue weighted by molar-refractivity contribution is 6.31. The molecule has 11 nitrogen and oxygen atoms in total. The molecule has 1 saturated carbocycles. The summed E-state index contributed by atoms with van der Waals surface area (Å²) in [6, 6.07) is 1.28. The third-order valence-corrected chi connectivity index (χ3v) is 7.20. The van der Waals surface area contributed by atoms with Gasteiger partial charge in [-0.2, -0.15) is 0 Å². The van der Waals surface area contributed by atoms with E-state index in [1.807, 2.05) is 20.8 Å². The average molecular weight is 566 g/mol. The standard InChI is InChI=1S/C29H36FN7O4/c1-17-15-37-16-19(13-23(30)26(37)33-17)34-27(39)21-5-6-24(22(25(21)31)14-32-18-11-20(38)12-18)35-7-9-36(10-8-35)28(40)41-29(2,3)4/h5-6,13-16,18,20,31-32,38H,7-12H2,1-4H3,(H,34,39)/b22-14-,31-25?. The number of aliphatic hydroxyl groups excluding tert-OH is 1. The van der Waals surface area contributed by atoms with Crippen LogP contribution < -0.4 is 10.6 Å². The lowest BCUT2D eigenvalue weighted by Gasteiger charge is -2.39. The van der Waals surface area contributed by atoms with Crippen LogP contribution in [0.4, 0.5) is 14.9 Å². The molecule has 2 aromatic heterocycles. The molecule has 4 N–H and O–H groups in total. The summed E-state index contributed by atoms with van der Waals surface area (Å²) in [5.74, 6) is -1.11. The first kappa shape index (κ1) is 28.3. The number of hydrogen-bond acceptors (Lipinski definition) is 8. The van der Waals surface area contributed by atoms with Crippen LogP contribution in [0.2, 0.25) is 0 Å². The Balaban J connectivity index is 1.35. The molecule has 0 bridgehead atoms. The Hall–Kier alpha value is -4.19. The number of imidazole rings is 1. The van der Waals surface area contributed by atoms with Crippen LogP contribution in [-0.2, 0) is 9.53 Å². The van der Waals surface area contributed by atoms with Gasteiger partial charge in [0.15, 0.2) is 11.5 Å². The normalized spacial score (nSPS) is 22.3. The van der Waals surface area contributed by atoms with Crippen molar-refractivity contribution in [1.29, 1.82) is 5.41 Å². The number of nitrogens with one attached hydrogen (secondary N) is 3. The van der Waals surface area contributed by atoms with Crippen molar-refractivity contribution in [2.24, 2.45) is 0 Å². The minimum atomic E-state index is -0.580. The molecule has 3 aliphatic rings. The van der Waals surface area contributed by atoms with E-state index >= 15 is 0 Å². The second-order valence-corrected chi connectivity index (χ2v) is 11.7. The number of pyridine rings is 1. The number of rotatable bonds is 5. The van der Waals surface area contributed by atoms with Gasteiger partial charge in [-0.25, -0.2) is 14.2 Å². The van der Waals surface area contributed by atoms with Crippen LogP contribution >= 0.6 is 0 Å². The van der Waals surface area contributed by atoms with Crippen molar-refractivity contribution in [2.45, 2.75) is 58.3 Å². The van der Waals surface area contributed by atoms with Crippen LogP contribution in [0.1, 0.15) is 39.3 Å². The monoisotopic (exact) mass is 565 g/mol. The first-order chi connectivity index (χ1) is 19.4. The molecular weight excluding hydrogens is 529 g/mol. The number of fused-ring (bicyclic) bond motifs is 1. The van der Waals surface area contributed by atoms with Crippen LogP contribution in [0.5, 0.6) is 0 Å². The van der Waals surface area contributed by atoms with E-state index in [0.717, 1.165) is 5.70 Å². The Morgan fingerprint density at radius 1 is 1.17 bits per heavy atom. The summed E-state index contributed by atoms with van der Waals surface area (Å²) in [5.41, 5.74) is 1.90. The summed E-state index contributed by atoms with van der Waals surface area (Å²) in [6.45, 7) is 9.21. The second kappa shape index (κ2) is 11.0. The molecule has 5 rings (SSSR count). The lowest BCUT2D eigenvalue weighted by molar-refractivity contribution is -0.112. The van der Waals surface area contributed by atoms with Crippen LogP contribution in [0.25, 0.3) is 5.65 Å². The molecule has 0 atom stereocenters. The van der Waals surface area contributed by atoms with Crippen molar-refractivity contribution < 1.29 is 23.8 Å². The Bertz CT molecular complexity index is 1470. The number of aromatic nitrogens is 2. The molecule has 0 spiro atoms. The maximum absolute atomic E-state index is 14.6. The van der Waals surface area contributed by atoms with Gasteiger partial charge >= 0.3 is 6.09 Å². The van der Waals surface area contributed by atoms with Crippen LogP contribution in [-0.4, -0.2) is 85.9 Å². The average Bonchev–Trinajstić information content (AvgIpc) is 3.26. The summed E-state index contributed by atoms with van der Waals surface area (Å²) in [4.78, 5) is 33.7. The van der Waals surface area contributed by atoms with Crippen molar-refractivity contribution in [3.63, 3.8) is 0 Å². The molecule has 0 unspecified atom stereocenters. The summed E-state index contributed by atoms with van der Waals surface area (Å²) >= 11 is 0. The van der Waals surface area contributed by atoms with Gasteiger partial charge in [0, 0.05) is 68.2 Å². The van der Waals surface area contributed by atoms with Crippen molar-refractivity contribution >= 4 is 29.0 Å². The zero-order valence-corrected chi connectivity index (χ0v) is 23.7. The van der Waals surface area contributed by atoms with Crippen LogP contribution in [0.3, 0.4) is 0 Å². The number of aryl methyl sites for hydroxylation is 1. The molecule has 41 heavy (non-hydrogen) atoms. The van der Waals surface area contributed by atoms with Crippen molar-refractivity contribution in [3.05, 3.63) is 65.2 Å². The predicted molar refractivity (Wildman–Crippen MR) is 152 cm³/mol. The Morgan fingerprint density at radius 3 is 2.54 bits per heavy atom. The largest absolute Gasteiger partial charge is 0.444 e. The van der Waals surface area contributed by atoms with Gasteiger partial charge in [-0.1, -0.05) is 0 Å². The number of anilines is 1. The van der Waals surface area contributed by atoms with Gasteiger partial charge in [0.05, 0.1) is 28.8 Å². The van der Waals surface area contributed by atoms with Gasteiger partial charge in [0.25, 0.3) is 5.91 Å². The zero-order chi connectivity index (χ0) is 29.5. The molecule has 2 fully saturated rings. The third-order valence-electron chi connectivity index (χ3n) is 7.20. The number of allylic oxidation sites excluding steroid dienone is 3. The van der Waals surface area contributed by atoms with Crippen molar-refractivity contribution in [1.82, 2.24) is 24.5 Å². The molecule has 3 heterocycles. The molecule has 1 aliphatic heterocycles. The molecule has 2 amide bonds. The lowest BCUT2D eigenvalue weighted by atomic mass is 9.89. The minimum Gasteiger partial charge on any atom is -0.444 e. The number of carbonyl (C=O) groups excluding carboxylic acids is 2. The van der Waals surface area contributed by atoms with Crippen molar-refractivity contribution in [3.8, 4) is 0 Å². The van der Waals surface area contributed by atoms with Gasteiger partial charge in [-0.3, -0.25) is 10.2 Å². The van der Waals surface area contributed by atoms with Gasteiger partial charge in [0.2, 0.25) is 0 Å². The van der Waals surface area contributed by atoms with Crippen molar-refractivity contribution in [2.75, 3.05) is 31.5 Å². The zero-order valence-electron chi connectivity index (χ0n) is 23.7. The van der Waals surface area contributed by atoms with Gasteiger partial charge in [-0.05, 0) is 52.7 Å². The fraction of sp³-hybridized carbons (Fsp3) is 0.448. The first-order valence-corrected chi connectivity index (χ1v) is 13.7. The maximum Gasteiger partial charge on any atom is 0.410 e. The fourth-order valence-corrected chi connectivity index (χ4v) is 5.05. The smallest absolute Gasteiger partial charge is 0.410 e. The highest BCUT2D eigenvalue weighted by atomic mass is 19.1.